The topological polar surface area (TPSA) is 58.4 Å². The summed E-state index contributed by atoms with van der Waals surface area (Å²) in [5.74, 6) is 0.925. The van der Waals surface area contributed by atoms with Crippen LogP contribution in [0.2, 0.25) is 0 Å². The predicted molar refractivity (Wildman–Crippen MR) is 102 cm³/mol. The van der Waals surface area contributed by atoms with Crippen molar-refractivity contribution in [2.24, 2.45) is 18.9 Å². The van der Waals surface area contributed by atoms with E-state index >= 15 is 0 Å². The van der Waals surface area contributed by atoms with Crippen LogP contribution in [0.5, 0.6) is 0 Å². The molecule has 5 heteroatoms. The highest BCUT2D eigenvalue weighted by molar-refractivity contribution is 5.82. The fourth-order valence-electron chi connectivity index (χ4n) is 4.74. The number of amides is 1. The van der Waals surface area contributed by atoms with Gasteiger partial charge in [0.25, 0.3) is 0 Å². The van der Waals surface area contributed by atoms with Gasteiger partial charge in [0.05, 0.1) is 16.8 Å². The molecule has 1 aromatic heterocycles. The van der Waals surface area contributed by atoms with Crippen LogP contribution in [0, 0.1) is 18.8 Å². The summed E-state index contributed by atoms with van der Waals surface area (Å²) in [6, 6.07) is 6.68. The molecule has 0 spiro atoms. The molecule has 2 aliphatic rings. The molecule has 0 atom stereocenters. The van der Waals surface area contributed by atoms with Crippen LogP contribution >= 0.6 is 0 Å². The van der Waals surface area contributed by atoms with Crippen LogP contribution < -0.4 is 0 Å². The standard InChI is InChI=1S/C21H29N3O2/c1-14-18-5-4-16(11-19(18)23(3)22-14)10-15-6-8-24(9-7-15)20(25)17-12-21(2,26)13-17/h4-5,11,15,17,26H,6-10,12-13H2,1-3H3/t17-,21+. The Morgan fingerprint density at radius 3 is 2.65 bits per heavy atom. The van der Waals surface area contributed by atoms with Gasteiger partial charge in [-0.2, -0.15) is 5.10 Å². The van der Waals surface area contributed by atoms with Crippen molar-refractivity contribution < 1.29 is 9.90 Å². The average Bonchev–Trinajstić information content (AvgIpc) is 2.87. The number of piperidine rings is 1. The molecule has 1 amide bonds. The maximum Gasteiger partial charge on any atom is 0.225 e. The maximum absolute atomic E-state index is 12.5. The van der Waals surface area contributed by atoms with E-state index in [0.29, 0.717) is 18.8 Å². The lowest BCUT2D eigenvalue weighted by Gasteiger charge is -2.43. The summed E-state index contributed by atoms with van der Waals surface area (Å²) in [5, 5.41) is 15.6. The zero-order chi connectivity index (χ0) is 18.5. The number of carbonyl (C=O) groups is 1. The van der Waals surface area contributed by atoms with E-state index in [2.05, 4.69) is 30.2 Å². The number of benzene rings is 1. The van der Waals surface area contributed by atoms with Gasteiger partial charge in [-0.1, -0.05) is 12.1 Å². The summed E-state index contributed by atoms with van der Waals surface area (Å²) in [5.41, 5.74) is 3.02. The lowest BCUT2D eigenvalue weighted by Crippen LogP contribution is -2.51. The first-order valence-corrected chi connectivity index (χ1v) is 9.76. The highest BCUT2D eigenvalue weighted by atomic mass is 16.3. The molecule has 2 aromatic rings. The summed E-state index contributed by atoms with van der Waals surface area (Å²) in [6.07, 6.45) is 4.45. The Labute approximate surface area is 155 Å². The van der Waals surface area contributed by atoms with Crippen molar-refractivity contribution in [1.82, 2.24) is 14.7 Å². The number of aliphatic hydroxyl groups is 1. The Hall–Kier alpha value is -1.88. The van der Waals surface area contributed by atoms with Crippen LogP contribution in [0.15, 0.2) is 18.2 Å². The summed E-state index contributed by atoms with van der Waals surface area (Å²) < 4.78 is 1.96. The third-order valence-electron chi connectivity index (χ3n) is 6.27. The van der Waals surface area contributed by atoms with Gasteiger partial charge >= 0.3 is 0 Å². The number of aryl methyl sites for hydroxylation is 2. The number of hydrogen-bond acceptors (Lipinski definition) is 3. The van der Waals surface area contributed by atoms with Crippen LogP contribution in [-0.4, -0.2) is 44.4 Å². The molecule has 1 saturated heterocycles. The van der Waals surface area contributed by atoms with Crippen molar-refractivity contribution in [3.05, 3.63) is 29.5 Å². The van der Waals surface area contributed by atoms with Gasteiger partial charge in [0.2, 0.25) is 5.91 Å². The molecule has 0 radical (unpaired) electrons. The smallest absolute Gasteiger partial charge is 0.225 e. The second-order valence-corrected chi connectivity index (χ2v) is 8.64. The van der Waals surface area contributed by atoms with E-state index < -0.39 is 5.60 Å². The first kappa shape index (κ1) is 17.5. The van der Waals surface area contributed by atoms with Gasteiger partial charge < -0.3 is 10.0 Å². The van der Waals surface area contributed by atoms with Gasteiger partial charge in [-0.3, -0.25) is 9.48 Å². The Bertz CT molecular complexity index is 823. The zero-order valence-electron chi connectivity index (χ0n) is 16.0. The number of nitrogens with zero attached hydrogens (tertiary/aromatic N) is 3. The van der Waals surface area contributed by atoms with Crippen molar-refractivity contribution in [3.63, 3.8) is 0 Å². The SMILES string of the molecule is Cc1nn(C)c2cc(CC3CCN(C(=O)[C@H]4C[C@@](C)(O)C4)CC3)ccc12. The van der Waals surface area contributed by atoms with E-state index in [1.165, 1.54) is 16.5 Å². The van der Waals surface area contributed by atoms with Gasteiger partial charge in [-0.25, -0.2) is 0 Å². The van der Waals surface area contributed by atoms with Crippen molar-refractivity contribution in [1.29, 1.82) is 0 Å². The quantitative estimate of drug-likeness (QED) is 0.921. The zero-order valence-corrected chi connectivity index (χ0v) is 16.0. The second-order valence-electron chi connectivity index (χ2n) is 8.64. The number of carbonyl (C=O) groups excluding carboxylic acids is 1. The van der Waals surface area contributed by atoms with Crippen LogP contribution in [0.3, 0.4) is 0 Å². The molecule has 4 rings (SSSR count). The number of likely N-dealkylation sites (tertiary alicyclic amines) is 1. The number of aromatic nitrogens is 2. The molecule has 5 nitrogen and oxygen atoms in total. The van der Waals surface area contributed by atoms with Crippen LogP contribution in [0.1, 0.15) is 43.9 Å². The van der Waals surface area contributed by atoms with Crippen LogP contribution in [-0.2, 0) is 18.3 Å². The lowest BCUT2D eigenvalue weighted by atomic mass is 9.71. The van der Waals surface area contributed by atoms with E-state index in [9.17, 15) is 9.90 Å². The Balaban J connectivity index is 1.34. The fourth-order valence-corrected chi connectivity index (χ4v) is 4.74. The van der Waals surface area contributed by atoms with E-state index in [4.69, 9.17) is 0 Å². The van der Waals surface area contributed by atoms with Crippen LogP contribution in [0.4, 0.5) is 0 Å². The van der Waals surface area contributed by atoms with E-state index in [-0.39, 0.29) is 11.8 Å². The Morgan fingerprint density at radius 1 is 1.31 bits per heavy atom. The molecule has 1 N–H and O–H groups in total. The third kappa shape index (κ3) is 3.25. The van der Waals surface area contributed by atoms with Gasteiger partial charge in [-0.05, 0) is 63.5 Å². The molecule has 0 bridgehead atoms. The van der Waals surface area contributed by atoms with Crippen LogP contribution in [0.25, 0.3) is 10.9 Å². The van der Waals surface area contributed by atoms with Gasteiger partial charge in [0.15, 0.2) is 0 Å². The monoisotopic (exact) mass is 355 g/mol. The summed E-state index contributed by atoms with van der Waals surface area (Å²) >= 11 is 0. The van der Waals surface area contributed by atoms with Crippen molar-refractivity contribution in [3.8, 4) is 0 Å². The van der Waals surface area contributed by atoms with Crippen molar-refractivity contribution in [2.75, 3.05) is 13.1 Å². The highest BCUT2D eigenvalue weighted by Gasteiger charge is 2.44. The molecule has 140 valence electrons. The largest absolute Gasteiger partial charge is 0.390 e. The predicted octanol–water partition coefficient (Wildman–Crippen LogP) is 2.82. The molecule has 2 fully saturated rings. The minimum Gasteiger partial charge on any atom is -0.390 e. The Morgan fingerprint density at radius 2 is 2.00 bits per heavy atom. The summed E-state index contributed by atoms with van der Waals surface area (Å²) in [7, 11) is 2.00. The molecular weight excluding hydrogens is 326 g/mol. The van der Waals surface area contributed by atoms with E-state index in [1.54, 1.807) is 0 Å². The molecule has 2 heterocycles. The van der Waals surface area contributed by atoms with Crippen molar-refractivity contribution >= 4 is 16.8 Å². The minimum atomic E-state index is -0.624. The van der Waals surface area contributed by atoms with Gasteiger partial charge in [0.1, 0.15) is 0 Å². The van der Waals surface area contributed by atoms with Gasteiger partial charge in [0, 0.05) is 31.4 Å². The molecule has 26 heavy (non-hydrogen) atoms. The molecule has 1 saturated carbocycles. The third-order valence-corrected chi connectivity index (χ3v) is 6.27. The summed E-state index contributed by atoms with van der Waals surface area (Å²) in [6.45, 7) is 5.59. The number of hydrogen-bond donors (Lipinski definition) is 1. The maximum atomic E-state index is 12.5. The number of rotatable bonds is 3. The highest BCUT2D eigenvalue weighted by Crippen LogP contribution is 2.39. The summed E-state index contributed by atoms with van der Waals surface area (Å²) in [4.78, 5) is 14.5. The van der Waals surface area contributed by atoms with E-state index in [1.807, 2.05) is 23.6 Å². The van der Waals surface area contributed by atoms with Gasteiger partial charge in [-0.15, -0.1) is 0 Å². The molecular formula is C21H29N3O2. The van der Waals surface area contributed by atoms with Crippen molar-refractivity contribution in [2.45, 2.75) is 51.6 Å². The molecule has 1 aromatic carbocycles. The molecule has 0 unspecified atom stereocenters. The Kier molecular flexibility index (Phi) is 4.30. The van der Waals surface area contributed by atoms with E-state index in [0.717, 1.165) is 38.0 Å². The molecule has 1 aliphatic heterocycles. The molecule has 1 aliphatic carbocycles. The fraction of sp³-hybridized carbons (Fsp3) is 0.619. The first-order chi connectivity index (χ1) is 12.3. The average molecular weight is 355 g/mol. The lowest BCUT2D eigenvalue weighted by molar-refractivity contribution is -0.151. The normalized spacial score (nSPS) is 26.9. The first-order valence-electron chi connectivity index (χ1n) is 9.76. The second kappa shape index (κ2) is 6.38. The number of fused-ring (bicyclic) bond motifs is 1. The minimum absolute atomic E-state index is 0.0389.